The maximum atomic E-state index is 13.0. The molecule has 2 aromatic carbocycles. The molecule has 0 radical (unpaired) electrons. The van der Waals surface area contributed by atoms with Crippen molar-refractivity contribution in [2.75, 3.05) is 36.1 Å². The number of methoxy groups -OCH3 is 1. The van der Waals surface area contributed by atoms with Crippen LogP contribution in [0.15, 0.2) is 59.5 Å². The van der Waals surface area contributed by atoms with Gasteiger partial charge in [-0.15, -0.1) is 10.2 Å². The number of amides is 1. The van der Waals surface area contributed by atoms with Gasteiger partial charge < -0.3 is 15.0 Å². The molecular weight excluding hydrogens is 418 g/mol. The molecular formula is C21H23N5O4S. The average Bonchev–Trinajstić information content (AvgIpc) is 2.75. The van der Waals surface area contributed by atoms with Gasteiger partial charge in [-0.05, 0) is 48.9 Å². The molecule has 2 N–H and O–H groups in total. The fourth-order valence-corrected chi connectivity index (χ4v) is 4.12. The Kier molecular flexibility index (Phi) is 6.40. The Morgan fingerprint density at radius 2 is 1.77 bits per heavy atom. The number of benzene rings is 2. The van der Waals surface area contributed by atoms with E-state index in [1.54, 1.807) is 60.4 Å². The minimum Gasteiger partial charge on any atom is -0.495 e. The number of rotatable bonds is 7. The molecule has 0 spiro atoms. The summed E-state index contributed by atoms with van der Waals surface area (Å²) in [5.74, 6) is 0.512. The summed E-state index contributed by atoms with van der Waals surface area (Å²) in [6.07, 6.45) is 0. The number of aromatic nitrogens is 2. The number of ether oxygens (including phenoxy) is 1. The minimum absolute atomic E-state index is 0.0326. The van der Waals surface area contributed by atoms with E-state index in [1.165, 1.54) is 13.2 Å². The summed E-state index contributed by atoms with van der Waals surface area (Å²) in [5, 5.41) is 10.5. The number of nitrogens with zero attached hydrogens (tertiary/aromatic N) is 3. The topological polar surface area (TPSA) is 114 Å². The second-order valence-electron chi connectivity index (χ2n) is 6.91. The number of carbonyl (C=O) groups is 1. The molecule has 9 nitrogen and oxygen atoms in total. The van der Waals surface area contributed by atoms with Crippen molar-refractivity contribution in [1.82, 2.24) is 10.2 Å². The van der Waals surface area contributed by atoms with Crippen LogP contribution in [0, 0.1) is 6.92 Å². The van der Waals surface area contributed by atoms with E-state index in [9.17, 15) is 13.2 Å². The Hall–Kier alpha value is -3.66. The van der Waals surface area contributed by atoms with Crippen molar-refractivity contribution >= 4 is 33.1 Å². The van der Waals surface area contributed by atoms with Crippen LogP contribution >= 0.6 is 0 Å². The number of nitrogens with one attached hydrogen (secondary N) is 2. The van der Waals surface area contributed by atoms with Crippen molar-refractivity contribution in [3.8, 4) is 5.75 Å². The zero-order valence-electron chi connectivity index (χ0n) is 17.6. The molecule has 1 aromatic heterocycles. The predicted molar refractivity (Wildman–Crippen MR) is 119 cm³/mol. The van der Waals surface area contributed by atoms with E-state index in [0.717, 1.165) is 0 Å². The lowest BCUT2D eigenvalue weighted by molar-refractivity contribution is 0.102. The van der Waals surface area contributed by atoms with Crippen molar-refractivity contribution in [1.29, 1.82) is 0 Å². The largest absolute Gasteiger partial charge is 0.495 e. The number of sulfonamides is 1. The zero-order valence-corrected chi connectivity index (χ0v) is 18.4. The molecule has 0 unspecified atom stereocenters. The molecule has 1 heterocycles. The van der Waals surface area contributed by atoms with Gasteiger partial charge in [0.1, 0.15) is 5.75 Å². The molecule has 162 valence electrons. The third-order valence-electron chi connectivity index (χ3n) is 4.43. The van der Waals surface area contributed by atoms with E-state index in [4.69, 9.17) is 4.74 Å². The Morgan fingerprint density at radius 3 is 2.42 bits per heavy atom. The van der Waals surface area contributed by atoms with E-state index >= 15 is 0 Å². The molecule has 3 aromatic rings. The molecule has 0 aliphatic heterocycles. The standard InChI is InChI=1S/C21H23N5O4S/c1-14-9-10-15(22-21(27)17-11-12-20(24-23-17)26(2)3)13-19(14)31(28,29)25-16-7-5-6-8-18(16)30-4/h5-13,25H,1-4H3,(H,22,27). The Bertz CT molecular complexity index is 1190. The second kappa shape index (κ2) is 9.00. The number of carbonyl (C=O) groups excluding carboxylic acids is 1. The molecule has 31 heavy (non-hydrogen) atoms. The van der Waals surface area contributed by atoms with Gasteiger partial charge in [0, 0.05) is 19.8 Å². The summed E-state index contributed by atoms with van der Waals surface area (Å²) >= 11 is 0. The van der Waals surface area contributed by atoms with E-state index in [2.05, 4.69) is 20.2 Å². The van der Waals surface area contributed by atoms with Crippen molar-refractivity contribution in [2.45, 2.75) is 11.8 Å². The van der Waals surface area contributed by atoms with Crippen molar-refractivity contribution in [2.24, 2.45) is 0 Å². The molecule has 3 rings (SSSR count). The van der Waals surface area contributed by atoms with Gasteiger partial charge in [0.2, 0.25) is 0 Å². The van der Waals surface area contributed by atoms with Crippen LogP contribution in [0.2, 0.25) is 0 Å². The van der Waals surface area contributed by atoms with Crippen molar-refractivity contribution in [3.63, 3.8) is 0 Å². The maximum Gasteiger partial charge on any atom is 0.276 e. The van der Waals surface area contributed by atoms with E-state index in [0.29, 0.717) is 28.5 Å². The van der Waals surface area contributed by atoms with Gasteiger partial charge in [0.15, 0.2) is 11.5 Å². The lowest BCUT2D eigenvalue weighted by Crippen LogP contribution is -2.18. The first-order valence-electron chi connectivity index (χ1n) is 9.30. The quantitative estimate of drug-likeness (QED) is 0.579. The van der Waals surface area contributed by atoms with E-state index < -0.39 is 15.9 Å². The predicted octanol–water partition coefficient (Wildman–Crippen LogP) is 2.91. The van der Waals surface area contributed by atoms with E-state index in [1.807, 2.05) is 14.1 Å². The monoisotopic (exact) mass is 441 g/mol. The summed E-state index contributed by atoms with van der Waals surface area (Å²) in [6.45, 7) is 1.67. The number of aryl methyl sites for hydroxylation is 1. The smallest absolute Gasteiger partial charge is 0.276 e. The first kappa shape index (κ1) is 22.0. The summed E-state index contributed by atoms with van der Waals surface area (Å²) in [7, 11) is 1.16. The van der Waals surface area contributed by atoms with Crippen LogP contribution in [0.4, 0.5) is 17.2 Å². The molecule has 0 saturated carbocycles. The van der Waals surface area contributed by atoms with Gasteiger partial charge in [-0.3, -0.25) is 9.52 Å². The highest BCUT2D eigenvalue weighted by atomic mass is 32.2. The molecule has 0 saturated heterocycles. The van der Waals surface area contributed by atoms with Gasteiger partial charge in [-0.1, -0.05) is 18.2 Å². The second-order valence-corrected chi connectivity index (χ2v) is 8.56. The van der Waals surface area contributed by atoms with Gasteiger partial charge in [0.05, 0.1) is 17.7 Å². The molecule has 10 heteroatoms. The number of hydrogen-bond acceptors (Lipinski definition) is 7. The Morgan fingerprint density at radius 1 is 1.03 bits per heavy atom. The molecule has 0 bridgehead atoms. The third-order valence-corrected chi connectivity index (χ3v) is 5.94. The summed E-state index contributed by atoms with van der Waals surface area (Å²) in [6, 6.07) is 14.6. The average molecular weight is 442 g/mol. The first-order chi connectivity index (χ1) is 14.7. The van der Waals surface area contributed by atoms with Crippen LogP contribution in [0.3, 0.4) is 0 Å². The molecule has 1 amide bonds. The Labute approximate surface area is 181 Å². The van der Waals surface area contributed by atoms with Crippen LogP contribution in [-0.4, -0.2) is 45.7 Å². The number of hydrogen-bond donors (Lipinski definition) is 2. The fourth-order valence-electron chi connectivity index (χ4n) is 2.78. The fraction of sp³-hybridized carbons (Fsp3) is 0.190. The molecule has 0 aliphatic carbocycles. The number of anilines is 3. The minimum atomic E-state index is -3.93. The maximum absolute atomic E-state index is 13.0. The highest BCUT2D eigenvalue weighted by Crippen LogP contribution is 2.28. The molecule has 0 aliphatic rings. The lowest BCUT2D eigenvalue weighted by Gasteiger charge is -2.14. The highest BCUT2D eigenvalue weighted by Gasteiger charge is 2.20. The van der Waals surface area contributed by atoms with Crippen LogP contribution in [0.1, 0.15) is 16.1 Å². The van der Waals surface area contributed by atoms with Crippen LogP contribution in [-0.2, 0) is 10.0 Å². The highest BCUT2D eigenvalue weighted by molar-refractivity contribution is 7.92. The zero-order chi connectivity index (χ0) is 22.6. The lowest BCUT2D eigenvalue weighted by atomic mass is 10.2. The van der Waals surface area contributed by atoms with E-state index in [-0.39, 0.29) is 10.6 Å². The summed E-state index contributed by atoms with van der Waals surface area (Å²) < 4.78 is 33.7. The van der Waals surface area contributed by atoms with Gasteiger partial charge in [-0.25, -0.2) is 8.42 Å². The van der Waals surface area contributed by atoms with Crippen LogP contribution < -0.4 is 19.7 Å². The van der Waals surface area contributed by atoms with Gasteiger partial charge >= 0.3 is 0 Å². The first-order valence-corrected chi connectivity index (χ1v) is 10.8. The van der Waals surface area contributed by atoms with Gasteiger partial charge in [0.25, 0.3) is 15.9 Å². The van der Waals surface area contributed by atoms with Crippen LogP contribution in [0.5, 0.6) is 5.75 Å². The third kappa shape index (κ3) is 5.10. The summed E-state index contributed by atoms with van der Waals surface area (Å²) in [5.41, 5.74) is 1.27. The summed E-state index contributed by atoms with van der Waals surface area (Å²) in [4.78, 5) is 14.3. The van der Waals surface area contributed by atoms with Crippen molar-refractivity contribution < 1.29 is 17.9 Å². The van der Waals surface area contributed by atoms with Crippen molar-refractivity contribution in [3.05, 3.63) is 65.9 Å². The number of para-hydroxylation sites is 2. The van der Waals surface area contributed by atoms with Gasteiger partial charge in [-0.2, -0.15) is 0 Å². The SMILES string of the molecule is COc1ccccc1NS(=O)(=O)c1cc(NC(=O)c2ccc(N(C)C)nn2)ccc1C. The normalized spacial score (nSPS) is 11.0. The molecule has 0 fully saturated rings. The molecule has 0 atom stereocenters. The Balaban J connectivity index is 1.84. The van der Waals surface area contributed by atoms with Crippen LogP contribution in [0.25, 0.3) is 0 Å².